The fourth-order valence-electron chi connectivity index (χ4n) is 7.87. The molecule has 2 aliphatic carbocycles. The summed E-state index contributed by atoms with van der Waals surface area (Å²) in [5.74, 6) is -2.74. The number of β-amino-alcohol motifs (C(OH)–C–C–N with tert-alkyl or cyclic N) is 1. The Labute approximate surface area is 366 Å². The lowest BCUT2D eigenvalue weighted by Gasteiger charge is -2.42. The number of amides is 6. The van der Waals surface area contributed by atoms with E-state index in [-0.39, 0.29) is 86.9 Å². The zero-order valence-electron chi connectivity index (χ0n) is 34.5. The minimum absolute atomic E-state index is 0.00277. The molecule has 17 nitrogen and oxygen atoms in total. The molecule has 4 atom stereocenters. The van der Waals surface area contributed by atoms with E-state index < -0.39 is 66.1 Å². The number of piperidine rings is 2. The highest BCUT2D eigenvalue weighted by Crippen LogP contribution is 2.35. The number of nitrogens with zero attached hydrogens (tertiary/aromatic N) is 5. The summed E-state index contributed by atoms with van der Waals surface area (Å²) in [6, 6.07) is 2.95. The largest absolute Gasteiger partial charge is 0.573 e. The Morgan fingerprint density at radius 1 is 0.769 bits per heavy atom. The molecule has 25 heteroatoms. The number of aliphatic hydroxyl groups excluding tert-OH is 3. The van der Waals surface area contributed by atoms with Crippen molar-refractivity contribution in [2.24, 2.45) is 11.7 Å². The highest BCUT2D eigenvalue weighted by Gasteiger charge is 2.43. The Bertz CT molecular complexity index is 2120. The predicted molar refractivity (Wildman–Crippen MR) is 210 cm³/mol. The third-order valence-corrected chi connectivity index (χ3v) is 11.0. The number of primary amides is 1. The van der Waals surface area contributed by atoms with Crippen molar-refractivity contribution in [2.45, 2.75) is 101 Å². The molecule has 3 heterocycles. The lowest BCUT2D eigenvalue weighted by molar-refractivity contribution is -0.275. The summed E-state index contributed by atoms with van der Waals surface area (Å²) < 4.78 is 115. The Morgan fingerprint density at radius 2 is 1.28 bits per heavy atom. The van der Waals surface area contributed by atoms with E-state index >= 15 is 0 Å². The van der Waals surface area contributed by atoms with Gasteiger partial charge in [0.25, 0.3) is 0 Å². The Morgan fingerprint density at radius 3 is 1.69 bits per heavy atom. The van der Waals surface area contributed by atoms with Gasteiger partial charge in [0.05, 0.1) is 18.2 Å². The van der Waals surface area contributed by atoms with Crippen molar-refractivity contribution in [1.82, 2.24) is 30.3 Å². The maximum Gasteiger partial charge on any atom is 0.573 e. The number of urea groups is 3. The van der Waals surface area contributed by atoms with Crippen molar-refractivity contribution in [2.75, 3.05) is 37.7 Å². The van der Waals surface area contributed by atoms with Gasteiger partial charge in [-0.25, -0.2) is 23.2 Å². The quantitative estimate of drug-likeness (QED) is 0.129. The number of rotatable bonds is 13. The van der Waals surface area contributed by atoms with E-state index in [2.05, 4.69) is 25.1 Å². The molecule has 1 aromatic heterocycles. The van der Waals surface area contributed by atoms with Crippen molar-refractivity contribution >= 4 is 23.9 Å². The minimum atomic E-state index is -4.93. The lowest BCUT2D eigenvalue weighted by Crippen LogP contribution is -2.58. The SMILES string of the molecule is NC(=O)N1C[C@@H](O)C[C@@H](N(C(=O)NCc2ccc(OC(F)(F)F)cc2F)C2CC2)C1.O=C(NCc1ccc(OC(F)(F)F)cc1F)N(C1CC1)C1C[C@H](CO)CN(c2coc(CO)n2)C1. The zero-order valence-corrected chi connectivity index (χ0v) is 34.5. The molecule has 2 saturated heterocycles. The van der Waals surface area contributed by atoms with E-state index in [1.165, 1.54) is 16.1 Å². The number of carbonyl (C=O) groups is 3. The number of oxazole rings is 1. The lowest BCUT2D eigenvalue weighted by atomic mass is 9.93. The minimum Gasteiger partial charge on any atom is -0.444 e. The molecule has 3 aromatic rings. The second-order valence-corrected chi connectivity index (χ2v) is 16.1. The van der Waals surface area contributed by atoms with Gasteiger partial charge in [-0.15, -0.1) is 26.3 Å². The molecule has 0 bridgehead atoms. The van der Waals surface area contributed by atoms with E-state index in [9.17, 15) is 64.8 Å². The van der Waals surface area contributed by atoms with Crippen LogP contribution in [-0.4, -0.2) is 129 Å². The van der Waals surface area contributed by atoms with Crippen LogP contribution in [-0.2, 0) is 19.7 Å². The smallest absolute Gasteiger partial charge is 0.444 e. The van der Waals surface area contributed by atoms with Crippen LogP contribution in [0.25, 0.3) is 0 Å². The second kappa shape index (κ2) is 20.6. The molecule has 7 N–H and O–H groups in total. The Balaban J connectivity index is 0.000000218. The molecule has 1 unspecified atom stereocenters. The van der Waals surface area contributed by atoms with Crippen LogP contribution < -0.4 is 30.7 Å². The van der Waals surface area contributed by atoms with Gasteiger partial charge in [0, 0.05) is 87.1 Å². The van der Waals surface area contributed by atoms with E-state index in [0.29, 0.717) is 37.5 Å². The van der Waals surface area contributed by atoms with Crippen LogP contribution in [0.15, 0.2) is 47.1 Å². The number of ether oxygens (including phenoxy) is 2. The third kappa shape index (κ3) is 13.8. The molecule has 65 heavy (non-hydrogen) atoms. The number of halogens is 8. The first-order valence-corrected chi connectivity index (χ1v) is 20.5. The standard InChI is InChI=1S/C22H26F4N4O5.C18H22F4N4O4/c23-18-6-17(35-22(24,25)26)4-1-14(18)7-27-21(33)30(15-2-3-15)16-5-13(10-31)8-29(9-16)19-12-34-20(11-32)28-19;19-15-6-14(30-18(20,21)22)4-1-10(15)7-24-17(29)26(11-2-3-11)12-5-13(27)9-25(8-12)16(23)28/h1,4,6,12-13,15-16,31-32H,2-3,5,7-11H2,(H,27,33);1,4,6,11-13,27H,2-3,5,7-9H2,(H2,23,28)(H,24,29)/t13-,16?;12-,13+/m01/s1. The Kier molecular flexibility index (Phi) is 15.4. The van der Waals surface area contributed by atoms with E-state index in [1.54, 1.807) is 4.90 Å². The first kappa shape index (κ1) is 48.6. The number of hydrogen-bond donors (Lipinski definition) is 6. The van der Waals surface area contributed by atoms with Crippen molar-refractivity contribution in [1.29, 1.82) is 0 Å². The molecule has 2 aliphatic heterocycles. The number of likely N-dealkylation sites (tertiary alicyclic amines) is 1. The molecular weight excluding hydrogens is 888 g/mol. The predicted octanol–water partition coefficient (Wildman–Crippen LogP) is 4.68. The van der Waals surface area contributed by atoms with Gasteiger partial charge in [0.1, 0.15) is 36.0 Å². The van der Waals surface area contributed by atoms with Crippen LogP contribution in [0.1, 0.15) is 55.5 Å². The summed E-state index contributed by atoms with van der Waals surface area (Å²) in [6.45, 7) is 0.278. The molecule has 4 fully saturated rings. The number of nitrogens with two attached hydrogens (primary N) is 1. The van der Waals surface area contributed by atoms with Crippen LogP contribution >= 0.6 is 0 Å². The van der Waals surface area contributed by atoms with Crippen LogP contribution in [0.5, 0.6) is 11.5 Å². The monoisotopic (exact) mass is 936 g/mol. The van der Waals surface area contributed by atoms with Crippen molar-refractivity contribution < 1.29 is 78.7 Å². The number of anilines is 1. The summed E-state index contributed by atoms with van der Waals surface area (Å²) in [4.78, 5) is 47.9. The number of hydrogen-bond acceptors (Lipinski definition) is 11. The summed E-state index contributed by atoms with van der Waals surface area (Å²) in [7, 11) is 0. The van der Waals surface area contributed by atoms with Gasteiger partial charge in [0.15, 0.2) is 5.82 Å². The molecule has 2 saturated carbocycles. The molecule has 0 radical (unpaired) electrons. The number of aliphatic hydroxyl groups is 3. The van der Waals surface area contributed by atoms with E-state index in [0.717, 1.165) is 49.9 Å². The van der Waals surface area contributed by atoms with Gasteiger partial charge in [0.2, 0.25) is 5.89 Å². The second-order valence-electron chi connectivity index (χ2n) is 16.1. The summed E-state index contributed by atoms with van der Waals surface area (Å²) in [5.41, 5.74) is 5.29. The average molecular weight is 937 g/mol. The van der Waals surface area contributed by atoms with E-state index in [1.807, 2.05) is 4.90 Å². The normalized spacial score (nSPS) is 21.2. The fourth-order valence-corrected chi connectivity index (χ4v) is 7.87. The van der Waals surface area contributed by atoms with Crippen LogP contribution in [0.2, 0.25) is 0 Å². The maximum atomic E-state index is 14.3. The first-order chi connectivity index (χ1) is 30.7. The van der Waals surface area contributed by atoms with Crippen LogP contribution in [0.3, 0.4) is 0 Å². The number of alkyl halides is 6. The molecule has 6 amide bonds. The molecule has 0 spiro atoms. The van der Waals surface area contributed by atoms with Gasteiger partial charge < -0.3 is 65.2 Å². The van der Waals surface area contributed by atoms with Gasteiger partial charge in [-0.3, -0.25) is 0 Å². The molecule has 2 aromatic carbocycles. The van der Waals surface area contributed by atoms with Crippen molar-refractivity contribution in [3.05, 3.63) is 71.3 Å². The summed E-state index contributed by atoms with van der Waals surface area (Å²) in [6.07, 6.45) is -5.32. The third-order valence-electron chi connectivity index (χ3n) is 11.0. The van der Waals surface area contributed by atoms with Gasteiger partial charge in [-0.2, -0.15) is 4.98 Å². The van der Waals surface area contributed by atoms with E-state index in [4.69, 9.17) is 10.2 Å². The van der Waals surface area contributed by atoms with Gasteiger partial charge in [-0.1, -0.05) is 12.1 Å². The van der Waals surface area contributed by atoms with Crippen molar-refractivity contribution in [3.8, 4) is 11.5 Å². The number of aromatic nitrogens is 1. The topological polar surface area (TPSA) is 219 Å². The van der Waals surface area contributed by atoms with Crippen molar-refractivity contribution in [3.63, 3.8) is 0 Å². The number of benzene rings is 2. The highest BCUT2D eigenvalue weighted by molar-refractivity contribution is 5.76. The molecule has 4 aliphatic rings. The highest BCUT2D eigenvalue weighted by atomic mass is 19.4. The number of nitrogens with one attached hydrogen (secondary N) is 2. The summed E-state index contributed by atoms with van der Waals surface area (Å²) >= 11 is 0. The summed E-state index contributed by atoms with van der Waals surface area (Å²) in [5, 5.41) is 34.3. The maximum absolute atomic E-state index is 14.3. The van der Waals surface area contributed by atoms with Crippen LogP contribution in [0, 0.1) is 17.6 Å². The average Bonchev–Trinajstić information content (AvgIpc) is 4.18. The zero-order chi connectivity index (χ0) is 47.2. The molecule has 7 rings (SSSR count). The Hall–Kier alpha value is -5.82. The number of carbonyl (C=O) groups excluding carboxylic acids is 3. The van der Waals surface area contributed by atoms with Gasteiger partial charge in [-0.05, 0) is 50.7 Å². The molecule has 358 valence electrons. The molecular formula is C40H48F8N8O9. The first-order valence-electron chi connectivity index (χ1n) is 20.5. The van der Waals surface area contributed by atoms with Crippen LogP contribution in [0.4, 0.5) is 55.3 Å². The fraction of sp³-hybridized carbons (Fsp3) is 0.550. The van der Waals surface area contributed by atoms with Gasteiger partial charge >= 0.3 is 30.8 Å².